The SMILES string of the molecule is C[C@@H](CNC(=O)N[C@H]1CCOc2ccccc21)N1CCOCC1. The summed E-state index contributed by atoms with van der Waals surface area (Å²) in [6, 6.07) is 8.08. The molecule has 126 valence electrons. The van der Waals surface area contributed by atoms with Crippen LogP contribution in [-0.4, -0.2) is 56.4 Å². The molecule has 2 amide bonds. The van der Waals surface area contributed by atoms with Crippen LogP contribution in [0.1, 0.15) is 24.9 Å². The molecule has 2 aliphatic rings. The fraction of sp³-hybridized carbons (Fsp3) is 0.588. The minimum absolute atomic E-state index is 0.0126. The van der Waals surface area contributed by atoms with Crippen LogP contribution in [0.15, 0.2) is 24.3 Å². The van der Waals surface area contributed by atoms with E-state index in [0.29, 0.717) is 19.2 Å². The molecule has 23 heavy (non-hydrogen) atoms. The first-order valence-electron chi connectivity index (χ1n) is 8.32. The van der Waals surface area contributed by atoms with Crippen LogP contribution in [0.2, 0.25) is 0 Å². The number of hydrogen-bond acceptors (Lipinski definition) is 4. The molecular formula is C17H25N3O3. The molecule has 0 spiro atoms. The van der Waals surface area contributed by atoms with Crippen LogP contribution in [0.3, 0.4) is 0 Å². The zero-order chi connectivity index (χ0) is 16.1. The van der Waals surface area contributed by atoms with Crippen molar-refractivity contribution in [2.75, 3.05) is 39.5 Å². The molecule has 3 rings (SSSR count). The van der Waals surface area contributed by atoms with Gasteiger partial charge in [-0.1, -0.05) is 18.2 Å². The summed E-state index contributed by atoms with van der Waals surface area (Å²) >= 11 is 0. The van der Waals surface area contributed by atoms with Gasteiger partial charge >= 0.3 is 6.03 Å². The van der Waals surface area contributed by atoms with E-state index < -0.39 is 0 Å². The lowest BCUT2D eigenvalue weighted by atomic mass is 10.0. The van der Waals surface area contributed by atoms with E-state index in [1.807, 2.05) is 24.3 Å². The summed E-state index contributed by atoms with van der Waals surface area (Å²) < 4.78 is 11.0. The minimum Gasteiger partial charge on any atom is -0.493 e. The number of urea groups is 1. The van der Waals surface area contributed by atoms with Crippen LogP contribution in [0.25, 0.3) is 0 Å². The molecule has 6 nitrogen and oxygen atoms in total. The third-order valence-electron chi connectivity index (χ3n) is 4.49. The lowest BCUT2D eigenvalue weighted by Gasteiger charge is -2.32. The van der Waals surface area contributed by atoms with Crippen LogP contribution in [-0.2, 0) is 4.74 Å². The molecule has 0 bridgehead atoms. The first-order valence-corrected chi connectivity index (χ1v) is 8.32. The number of nitrogens with zero attached hydrogens (tertiary/aromatic N) is 1. The second-order valence-corrected chi connectivity index (χ2v) is 6.08. The van der Waals surface area contributed by atoms with E-state index >= 15 is 0 Å². The van der Waals surface area contributed by atoms with Gasteiger partial charge < -0.3 is 20.1 Å². The zero-order valence-electron chi connectivity index (χ0n) is 13.6. The van der Waals surface area contributed by atoms with Crippen molar-refractivity contribution in [2.24, 2.45) is 0 Å². The Labute approximate surface area is 137 Å². The maximum absolute atomic E-state index is 12.2. The number of rotatable bonds is 4. The van der Waals surface area contributed by atoms with E-state index in [1.54, 1.807) is 0 Å². The monoisotopic (exact) mass is 319 g/mol. The molecule has 2 atom stereocenters. The van der Waals surface area contributed by atoms with Crippen molar-refractivity contribution in [1.29, 1.82) is 0 Å². The number of carbonyl (C=O) groups excluding carboxylic acids is 1. The Morgan fingerprint density at radius 3 is 2.91 bits per heavy atom. The van der Waals surface area contributed by atoms with Gasteiger partial charge in [0, 0.05) is 37.7 Å². The van der Waals surface area contributed by atoms with Gasteiger partial charge in [-0.3, -0.25) is 4.90 Å². The Morgan fingerprint density at radius 2 is 2.09 bits per heavy atom. The van der Waals surface area contributed by atoms with Crippen molar-refractivity contribution >= 4 is 6.03 Å². The molecule has 0 aromatic heterocycles. The summed E-state index contributed by atoms with van der Waals surface area (Å²) in [4.78, 5) is 14.5. The number of benzene rings is 1. The Morgan fingerprint density at radius 1 is 1.30 bits per heavy atom. The van der Waals surface area contributed by atoms with Crippen molar-refractivity contribution < 1.29 is 14.3 Å². The fourth-order valence-electron chi connectivity index (χ4n) is 3.09. The van der Waals surface area contributed by atoms with Crippen molar-refractivity contribution in [2.45, 2.75) is 25.4 Å². The van der Waals surface area contributed by atoms with Gasteiger partial charge in [0.25, 0.3) is 0 Å². The highest BCUT2D eigenvalue weighted by Gasteiger charge is 2.23. The number of amides is 2. The van der Waals surface area contributed by atoms with Crippen LogP contribution in [0.4, 0.5) is 4.79 Å². The second-order valence-electron chi connectivity index (χ2n) is 6.08. The summed E-state index contributed by atoms with van der Waals surface area (Å²) in [5.74, 6) is 0.866. The van der Waals surface area contributed by atoms with Gasteiger partial charge in [0.05, 0.1) is 25.9 Å². The molecular weight excluding hydrogens is 294 g/mol. The van der Waals surface area contributed by atoms with Gasteiger partial charge in [-0.25, -0.2) is 4.79 Å². The van der Waals surface area contributed by atoms with Crippen molar-refractivity contribution in [3.63, 3.8) is 0 Å². The molecule has 1 saturated heterocycles. The fourth-order valence-corrected chi connectivity index (χ4v) is 3.09. The molecule has 2 aliphatic heterocycles. The first kappa shape index (κ1) is 16.1. The van der Waals surface area contributed by atoms with E-state index in [9.17, 15) is 4.79 Å². The number of morpholine rings is 1. The van der Waals surface area contributed by atoms with Crippen molar-refractivity contribution in [3.8, 4) is 5.75 Å². The molecule has 1 fully saturated rings. The molecule has 2 heterocycles. The van der Waals surface area contributed by atoms with Gasteiger partial charge in [0.15, 0.2) is 0 Å². The third kappa shape index (κ3) is 4.14. The number of nitrogens with one attached hydrogen (secondary N) is 2. The van der Waals surface area contributed by atoms with Gasteiger partial charge in [-0.2, -0.15) is 0 Å². The van der Waals surface area contributed by atoms with Gasteiger partial charge in [-0.15, -0.1) is 0 Å². The minimum atomic E-state index is -0.119. The number of para-hydroxylation sites is 1. The molecule has 0 radical (unpaired) electrons. The topological polar surface area (TPSA) is 62.8 Å². The molecule has 0 saturated carbocycles. The number of fused-ring (bicyclic) bond motifs is 1. The Bertz CT molecular complexity index is 532. The van der Waals surface area contributed by atoms with Gasteiger partial charge in [0.2, 0.25) is 0 Å². The predicted octanol–water partition coefficient (Wildman–Crippen LogP) is 1.53. The predicted molar refractivity (Wildman–Crippen MR) is 87.7 cm³/mol. The maximum Gasteiger partial charge on any atom is 0.315 e. The van der Waals surface area contributed by atoms with Crippen LogP contribution in [0.5, 0.6) is 5.75 Å². The molecule has 1 aromatic rings. The van der Waals surface area contributed by atoms with Crippen molar-refractivity contribution in [3.05, 3.63) is 29.8 Å². The summed E-state index contributed by atoms with van der Waals surface area (Å²) in [5.41, 5.74) is 1.05. The number of carbonyl (C=O) groups is 1. The highest BCUT2D eigenvalue weighted by atomic mass is 16.5. The standard InChI is InChI=1S/C17H25N3O3/c1-13(20-7-10-22-11-8-20)12-18-17(21)19-15-6-9-23-16-5-3-2-4-14(15)16/h2-5,13,15H,6-12H2,1H3,(H2,18,19,21)/t13-,15-/m0/s1. The van der Waals surface area contributed by atoms with E-state index in [2.05, 4.69) is 22.5 Å². The lowest BCUT2D eigenvalue weighted by molar-refractivity contribution is 0.0209. The summed E-state index contributed by atoms with van der Waals surface area (Å²) in [5, 5.41) is 6.04. The Balaban J connectivity index is 1.48. The zero-order valence-corrected chi connectivity index (χ0v) is 13.6. The largest absolute Gasteiger partial charge is 0.493 e. The molecule has 0 unspecified atom stereocenters. The first-order chi connectivity index (χ1) is 11.2. The highest BCUT2D eigenvalue weighted by Crippen LogP contribution is 2.31. The molecule has 1 aromatic carbocycles. The highest BCUT2D eigenvalue weighted by molar-refractivity contribution is 5.74. The van der Waals surface area contributed by atoms with E-state index in [0.717, 1.165) is 44.0 Å². The smallest absolute Gasteiger partial charge is 0.315 e. The Kier molecular flexibility index (Phi) is 5.35. The average Bonchev–Trinajstić information content (AvgIpc) is 2.61. The van der Waals surface area contributed by atoms with E-state index in [1.165, 1.54) is 0 Å². The third-order valence-corrected chi connectivity index (χ3v) is 4.49. The normalized spacial score (nSPS) is 22.6. The molecule has 6 heteroatoms. The summed E-state index contributed by atoms with van der Waals surface area (Å²) in [6.45, 7) is 6.80. The molecule has 0 aliphatic carbocycles. The quantitative estimate of drug-likeness (QED) is 0.883. The number of ether oxygens (including phenoxy) is 2. The summed E-state index contributed by atoms with van der Waals surface area (Å²) in [7, 11) is 0. The van der Waals surface area contributed by atoms with Crippen LogP contribution in [0, 0.1) is 0 Å². The molecule has 2 N–H and O–H groups in total. The van der Waals surface area contributed by atoms with Crippen molar-refractivity contribution in [1.82, 2.24) is 15.5 Å². The maximum atomic E-state index is 12.2. The van der Waals surface area contributed by atoms with Crippen LogP contribution >= 0.6 is 0 Å². The summed E-state index contributed by atoms with van der Waals surface area (Å²) in [6.07, 6.45) is 0.795. The average molecular weight is 319 g/mol. The number of hydrogen-bond donors (Lipinski definition) is 2. The van der Waals surface area contributed by atoms with E-state index in [-0.39, 0.29) is 12.1 Å². The van der Waals surface area contributed by atoms with Crippen LogP contribution < -0.4 is 15.4 Å². The van der Waals surface area contributed by atoms with Gasteiger partial charge in [-0.05, 0) is 13.0 Å². The van der Waals surface area contributed by atoms with Gasteiger partial charge in [0.1, 0.15) is 5.75 Å². The van der Waals surface area contributed by atoms with E-state index in [4.69, 9.17) is 9.47 Å². The second kappa shape index (κ2) is 7.66. The Hall–Kier alpha value is -1.79. The lowest BCUT2D eigenvalue weighted by Crippen LogP contribution is -2.49.